The number of nitrogens with one attached hydrogen (secondary N) is 3. The SMILES string of the molecule is Cc1cc(NC(=O)C(=O)N[C@@H](c2nnc3n2CCNCC3)C(C)C)no1. The molecule has 26 heavy (non-hydrogen) atoms. The Hall–Kier alpha value is -2.75. The molecule has 10 heteroatoms. The van der Waals surface area contributed by atoms with E-state index in [9.17, 15) is 9.59 Å². The van der Waals surface area contributed by atoms with Gasteiger partial charge in [-0.25, -0.2) is 0 Å². The van der Waals surface area contributed by atoms with Gasteiger partial charge < -0.3 is 19.7 Å². The minimum Gasteiger partial charge on any atom is -0.360 e. The number of carbonyl (C=O) groups excluding carboxylic acids is 2. The lowest BCUT2D eigenvalue weighted by molar-refractivity contribution is -0.136. The fourth-order valence-corrected chi connectivity index (χ4v) is 2.86. The van der Waals surface area contributed by atoms with Gasteiger partial charge in [0, 0.05) is 32.1 Å². The summed E-state index contributed by atoms with van der Waals surface area (Å²) in [5.41, 5.74) is 0. The van der Waals surface area contributed by atoms with Crippen LogP contribution in [0.1, 0.15) is 37.3 Å². The molecule has 0 unspecified atom stereocenters. The summed E-state index contributed by atoms with van der Waals surface area (Å²) in [7, 11) is 0. The van der Waals surface area contributed by atoms with Crippen LogP contribution in [0.5, 0.6) is 0 Å². The van der Waals surface area contributed by atoms with Crippen molar-refractivity contribution in [3.05, 3.63) is 23.5 Å². The second-order valence-corrected chi connectivity index (χ2v) is 6.60. The van der Waals surface area contributed by atoms with Crippen molar-refractivity contribution in [2.45, 2.75) is 39.8 Å². The van der Waals surface area contributed by atoms with E-state index in [0.29, 0.717) is 11.6 Å². The molecule has 10 nitrogen and oxygen atoms in total. The molecule has 1 aliphatic heterocycles. The standard InChI is InChI=1S/C16H23N7O3/c1-9(2)13(14-21-20-12-4-5-17-6-7-23(12)14)19-16(25)15(24)18-11-8-10(3)26-22-11/h8-9,13,17H,4-7H2,1-3H3,(H,19,25)(H,18,22,24)/t13-/m1/s1. The van der Waals surface area contributed by atoms with E-state index in [4.69, 9.17) is 4.52 Å². The van der Waals surface area contributed by atoms with Crippen LogP contribution in [-0.2, 0) is 22.6 Å². The Bertz CT molecular complexity index is 796. The number of hydrogen-bond donors (Lipinski definition) is 3. The molecule has 0 saturated heterocycles. The van der Waals surface area contributed by atoms with E-state index >= 15 is 0 Å². The molecule has 0 aromatic carbocycles. The third-order valence-corrected chi connectivity index (χ3v) is 4.20. The lowest BCUT2D eigenvalue weighted by Gasteiger charge is -2.22. The maximum Gasteiger partial charge on any atom is 0.314 e. The summed E-state index contributed by atoms with van der Waals surface area (Å²) in [6.07, 6.45) is 0.776. The first-order chi connectivity index (χ1) is 12.5. The molecule has 2 aromatic rings. The molecule has 3 N–H and O–H groups in total. The first-order valence-electron chi connectivity index (χ1n) is 8.63. The second-order valence-electron chi connectivity index (χ2n) is 6.60. The smallest absolute Gasteiger partial charge is 0.314 e. The summed E-state index contributed by atoms with van der Waals surface area (Å²) >= 11 is 0. The van der Waals surface area contributed by atoms with Gasteiger partial charge in [0.25, 0.3) is 0 Å². The highest BCUT2D eigenvalue weighted by Gasteiger charge is 2.28. The zero-order valence-electron chi connectivity index (χ0n) is 15.1. The average molecular weight is 361 g/mol. The second kappa shape index (κ2) is 7.65. The zero-order valence-corrected chi connectivity index (χ0v) is 15.1. The van der Waals surface area contributed by atoms with Gasteiger partial charge in [-0.05, 0) is 12.8 Å². The van der Waals surface area contributed by atoms with Crippen LogP contribution in [0.2, 0.25) is 0 Å². The summed E-state index contributed by atoms with van der Waals surface area (Å²) in [4.78, 5) is 24.5. The number of aryl methyl sites for hydroxylation is 1. The van der Waals surface area contributed by atoms with Crippen molar-refractivity contribution in [3.8, 4) is 0 Å². The minimum absolute atomic E-state index is 0.0329. The lowest BCUT2D eigenvalue weighted by Crippen LogP contribution is -2.40. The fourth-order valence-electron chi connectivity index (χ4n) is 2.86. The van der Waals surface area contributed by atoms with Crippen LogP contribution < -0.4 is 16.0 Å². The van der Waals surface area contributed by atoms with E-state index in [0.717, 1.165) is 31.9 Å². The number of aromatic nitrogens is 4. The molecule has 140 valence electrons. The van der Waals surface area contributed by atoms with Crippen molar-refractivity contribution in [2.24, 2.45) is 5.92 Å². The van der Waals surface area contributed by atoms with Crippen LogP contribution in [0.3, 0.4) is 0 Å². The first kappa shape index (κ1) is 18.1. The third kappa shape index (κ3) is 3.90. The Balaban J connectivity index is 1.73. The zero-order chi connectivity index (χ0) is 18.7. The molecule has 0 bridgehead atoms. The maximum absolute atomic E-state index is 12.3. The topological polar surface area (TPSA) is 127 Å². The van der Waals surface area contributed by atoms with Crippen LogP contribution in [0.4, 0.5) is 5.82 Å². The molecule has 1 aliphatic rings. The number of rotatable bonds is 4. The predicted molar refractivity (Wildman–Crippen MR) is 92.2 cm³/mol. The first-order valence-corrected chi connectivity index (χ1v) is 8.63. The van der Waals surface area contributed by atoms with Gasteiger partial charge in [-0.2, -0.15) is 0 Å². The molecule has 2 amide bonds. The van der Waals surface area contributed by atoms with Crippen molar-refractivity contribution in [2.75, 3.05) is 18.4 Å². The highest BCUT2D eigenvalue weighted by molar-refractivity contribution is 6.39. The lowest BCUT2D eigenvalue weighted by atomic mass is 10.0. The van der Waals surface area contributed by atoms with E-state index in [1.165, 1.54) is 6.07 Å². The van der Waals surface area contributed by atoms with Crippen molar-refractivity contribution in [1.29, 1.82) is 0 Å². The Morgan fingerprint density at radius 1 is 1.27 bits per heavy atom. The van der Waals surface area contributed by atoms with Crippen LogP contribution >= 0.6 is 0 Å². The van der Waals surface area contributed by atoms with Gasteiger partial charge in [-0.15, -0.1) is 10.2 Å². The Morgan fingerprint density at radius 2 is 2.08 bits per heavy atom. The van der Waals surface area contributed by atoms with Crippen LogP contribution in [0.25, 0.3) is 0 Å². The molecular weight excluding hydrogens is 338 g/mol. The quantitative estimate of drug-likeness (QED) is 0.663. The van der Waals surface area contributed by atoms with Gasteiger partial charge in [-0.3, -0.25) is 14.9 Å². The van der Waals surface area contributed by atoms with Crippen molar-refractivity contribution >= 4 is 17.6 Å². The summed E-state index contributed by atoms with van der Waals surface area (Å²) < 4.78 is 6.89. The molecule has 0 saturated carbocycles. The molecule has 0 aliphatic carbocycles. The number of carbonyl (C=O) groups is 2. The van der Waals surface area contributed by atoms with Gasteiger partial charge >= 0.3 is 11.8 Å². The summed E-state index contributed by atoms with van der Waals surface area (Å²) in [5, 5.41) is 20.7. The predicted octanol–water partition coefficient (Wildman–Crippen LogP) is 0.172. The van der Waals surface area contributed by atoms with Crippen LogP contribution in [0, 0.1) is 12.8 Å². The van der Waals surface area contributed by atoms with E-state index < -0.39 is 17.9 Å². The summed E-state index contributed by atoms with van der Waals surface area (Å²) in [6.45, 7) is 7.99. The Labute approximate surface area is 150 Å². The van der Waals surface area contributed by atoms with Gasteiger partial charge in [0.2, 0.25) is 0 Å². The molecule has 1 atom stereocenters. The van der Waals surface area contributed by atoms with E-state index in [1.54, 1.807) is 6.92 Å². The molecule has 0 spiro atoms. The highest BCUT2D eigenvalue weighted by Crippen LogP contribution is 2.21. The van der Waals surface area contributed by atoms with Gasteiger partial charge in [0.1, 0.15) is 11.6 Å². The Kier molecular flexibility index (Phi) is 5.31. The normalized spacial score (nSPS) is 15.2. The molecule has 0 fully saturated rings. The van der Waals surface area contributed by atoms with Crippen LogP contribution in [-0.4, -0.2) is 44.8 Å². The molecule has 0 radical (unpaired) electrons. The molecule has 3 heterocycles. The van der Waals surface area contributed by atoms with Gasteiger partial charge in [0.15, 0.2) is 11.6 Å². The molecule has 2 aromatic heterocycles. The monoisotopic (exact) mass is 361 g/mol. The van der Waals surface area contributed by atoms with Gasteiger partial charge in [-0.1, -0.05) is 19.0 Å². The van der Waals surface area contributed by atoms with Gasteiger partial charge in [0.05, 0.1) is 6.04 Å². The summed E-state index contributed by atoms with van der Waals surface area (Å²) in [5.74, 6) is 0.761. The third-order valence-electron chi connectivity index (χ3n) is 4.20. The van der Waals surface area contributed by atoms with E-state index in [1.807, 2.05) is 18.4 Å². The van der Waals surface area contributed by atoms with Crippen molar-refractivity contribution < 1.29 is 14.1 Å². The minimum atomic E-state index is -0.804. The number of fused-ring (bicyclic) bond motifs is 1. The number of anilines is 1. The molecular formula is C16H23N7O3. The van der Waals surface area contributed by atoms with E-state index in [2.05, 4.69) is 31.3 Å². The number of nitrogens with zero attached hydrogens (tertiary/aromatic N) is 4. The van der Waals surface area contributed by atoms with Crippen molar-refractivity contribution in [1.82, 2.24) is 30.6 Å². The summed E-state index contributed by atoms with van der Waals surface area (Å²) in [6, 6.07) is 1.11. The van der Waals surface area contributed by atoms with E-state index in [-0.39, 0.29) is 11.7 Å². The van der Waals surface area contributed by atoms with Crippen LogP contribution in [0.15, 0.2) is 10.6 Å². The fraction of sp³-hybridized carbons (Fsp3) is 0.562. The molecule has 3 rings (SSSR count). The average Bonchev–Trinajstić information content (AvgIpc) is 3.10. The Morgan fingerprint density at radius 3 is 2.77 bits per heavy atom. The van der Waals surface area contributed by atoms with Crippen molar-refractivity contribution in [3.63, 3.8) is 0 Å². The maximum atomic E-state index is 12.3. The highest BCUT2D eigenvalue weighted by atomic mass is 16.5. The number of amides is 2. The largest absolute Gasteiger partial charge is 0.360 e. The number of hydrogen-bond acceptors (Lipinski definition) is 7.